The number of hydrogen-bond acceptors (Lipinski definition) is 4. The Balaban J connectivity index is 1.74. The van der Waals surface area contributed by atoms with Gasteiger partial charge in [0.15, 0.2) is 0 Å². The number of H-pyrrole nitrogens is 1. The number of aromatic carboxylic acids is 1. The summed E-state index contributed by atoms with van der Waals surface area (Å²) in [6, 6.07) is 20.7. The average molecular weight is 471 g/mol. The number of carboxylic acids is 1. The van der Waals surface area contributed by atoms with Crippen LogP contribution in [0.1, 0.15) is 39.3 Å². The number of amides is 1. The van der Waals surface area contributed by atoms with E-state index < -0.39 is 5.97 Å². The Hall–Kier alpha value is -3.94. The van der Waals surface area contributed by atoms with Gasteiger partial charge in [0.2, 0.25) is 0 Å². The molecule has 0 fully saturated rings. The number of aromatic nitrogens is 1. The first-order valence-electron chi connectivity index (χ1n) is 11.7. The molecule has 35 heavy (non-hydrogen) atoms. The molecule has 3 aromatic carbocycles. The van der Waals surface area contributed by atoms with Crippen LogP contribution in [-0.4, -0.2) is 41.1 Å². The van der Waals surface area contributed by atoms with Crippen molar-refractivity contribution in [1.82, 2.24) is 10.3 Å². The topological polar surface area (TPSA) is 134 Å². The summed E-state index contributed by atoms with van der Waals surface area (Å²) in [6.45, 7) is 2.94. The Morgan fingerprint density at radius 1 is 0.971 bits per heavy atom. The summed E-state index contributed by atoms with van der Waals surface area (Å²) in [7, 11) is 0. The van der Waals surface area contributed by atoms with Crippen LogP contribution in [0.15, 0.2) is 66.7 Å². The van der Waals surface area contributed by atoms with E-state index in [1.165, 1.54) is 5.56 Å². The molecule has 1 atom stereocenters. The number of carbonyl (C=O) groups is 2. The van der Waals surface area contributed by atoms with Crippen LogP contribution in [0.2, 0.25) is 0 Å². The number of aryl methyl sites for hydroxylation is 1. The molecule has 1 aromatic heterocycles. The van der Waals surface area contributed by atoms with Crippen LogP contribution < -0.4 is 16.8 Å². The molecule has 0 radical (unpaired) electrons. The molecule has 0 aliphatic heterocycles. The molecule has 0 saturated heterocycles. The second-order valence-corrected chi connectivity index (χ2v) is 8.78. The summed E-state index contributed by atoms with van der Waals surface area (Å²) in [5.41, 5.74) is 17.9. The van der Waals surface area contributed by atoms with Crippen molar-refractivity contribution in [2.75, 3.05) is 13.1 Å². The van der Waals surface area contributed by atoms with Crippen LogP contribution in [-0.2, 0) is 0 Å². The molecule has 0 unspecified atom stereocenters. The molecule has 4 aromatic rings. The van der Waals surface area contributed by atoms with Gasteiger partial charge in [0.1, 0.15) is 5.69 Å². The van der Waals surface area contributed by atoms with E-state index in [9.17, 15) is 14.7 Å². The van der Waals surface area contributed by atoms with E-state index >= 15 is 0 Å². The zero-order chi connectivity index (χ0) is 24.9. The summed E-state index contributed by atoms with van der Waals surface area (Å²) in [4.78, 5) is 27.9. The van der Waals surface area contributed by atoms with E-state index in [4.69, 9.17) is 11.5 Å². The van der Waals surface area contributed by atoms with Crippen molar-refractivity contribution in [3.05, 3.63) is 83.6 Å². The van der Waals surface area contributed by atoms with Crippen molar-refractivity contribution in [1.29, 1.82) is 0 Å². The minimum Gasteiger partial charge on any atom is -0.478 e. The number of benzene rings is 3. The summed E-state index contributed by atoms with van der Waals surface area (Å²) in [6.07, 6.45) is 1.53. The van der Waals surface area contributed by atoms with Crippen LogP contribution in [0, 0.1) is 6.92 Å². The second kappa shape index (κ2) is 10.5. The number of hydrogen-bond donors (Lipinski definition) is 5. The molecule has 4 rings (SSSR count). The molecular weight excluding hydrogens is 440 g/mol. The Morgan fingerprint density at radius 3 is 2.29 bits per heavy atom. The molecule has 0 spiro atoms. The number of rotatable bonds is 9. The largest absolute Gasteiger partial charge is 0.478 e. The van der Waals surface area contributed by atoms with E-state index in [2.05, 4.69) is 34.6 Å². The van der Waals surface area contributed by atoms with Crippen molar-refractivity contribution in [3.63, 3.8) is 0 Å². The van der Waals surface area contributed by atoms with Crippen molar-refractivity contribution in [2.24, 2.45) is 11.5 Å². The number of carboxylic acid groups (broad SMARTS) is 1. The highest BCUT2D eigenvalue weighted by Crippen LogP contribution is 2.35. The average Bonchev–Trinajstić information content (AvgIpc) is 3.25. The first kappa shape index (κ1) is 24.2. The van der Waals surface area contributed by atoms with Gasteiger partial charge < -0.3 is 26.9 Å². The molecule has 1 heterocycles. The third kappa shape index (κ3) is 5.42. The lowest BCUT2D eigenvalue weighted by molar-refractivity contribution is 0.0696. The van der Waals surface area contributed by atoms with Gasteiger partial charge in [-0.3, -0.25) is 4.79 Å². The molecule has 1 amide bonds. The number of fused-ring (bicyclic) bond motifs is 1. The van der Waals surface area contributed by atoms with Gasteiger partial charge in [0, 0.05) is 29.1 Å². The third-order valence-corrected chi connectivity index (χ3v) is 6.13. The first-order valence-corrected chi connectivity index (χ1v) is 11.7. The summed E-state index contributed by atoms with van der Waals surface area (Å²) in [5, 5.41) is 13.1. The van der Waals surface area contributed by atoms with Crippen LogP contribution >= 0.6 is 0 Å². The third-order valence-electron chi connectivity index (χ3n) is 6.13. The van der Waals surface area contributed by atoms with E-state index in [1.54, 1.807) is 24.3 Å². The Kier molecular flexibility index (Phi) is 7.29. The standard InChI is InChI=1S/C28H30N4O3/c1-17-4-6-18(7-5-17)21-12-13-23-24(15-21)32-26(27(33)31-16-22(30)3-2-14-29)25(23)19-8-10-20(11-9-19)28(34)35/h4-13,15,22,32H,2-3,14,16,29-30H2,1H3,(H,31,33)(H,34,35)/t22-/m1/s1. The van der Waals surface area contributed by atoms with Crippen molar-refractivity contribution < 1.29 is 14.7 Å². The lowest BCUT2D eigenvalue weighted by Gasteiger charge is -2.12. The maximum atomic E-state index is 13.2. The molecule has 7 nitrogen and oxygen atoms in total. The minimum atomic E-state index is -0.998. The van der Waals surface area contributed by atoms with Crippen molar-refractivity contribution in [2.45, 2.75) is 25.8 Å². The Bertz CT molecular complexity index is 1340. The van der Waals surface area contributed by atoms with Crippen LogP contribution in [0.4, 0.5) is 0 Å². The van der Waals surface area contributed by atoms with Gasteiger partial charge in [0.25, 0.3) is 5.91 Å². The number of nitrogens with one attached hydrogen (secondary N) is 2. The monoisotopic (exact) mass is 470 g/mol. The predicted molar refractivity (Wildman–Crippen MR) is 139 cm³/mol. The normalized spacial score (nSPS) is 12.0. The van der Waals surface area contributed by atoms with Crippen LogP contribution in [0.5, 0.6) is 0 Å². The predicted octanol–water partition coefficient (Wildman–Crippen LogP) is 4.30. The Morgan fingerprint density at radius 2 is 1.63 bits per heavy atom. The highest BCUT2D eigenvalue weighted by molar-refractivity contribution is 6.10. The fraction of sp³-hybridized carbons (Fsp3) is 0.214. The van der Waals surface area contributed by atoms with Crippen molar-refractivity contribution >= 4 is 22.8 Å². The lowest BCUT2D eigenvalue weighted by atomic mass is 9.98. The minimum absolute atomic E-state index is 0.182. The number of aromatic amines is 1. The molecule has 0 aliphatic carbocycles. The fourth-order valence-corrected chi connectivity index (χ4v) is 4.17. The van der Waals surface area contributed by atoms with Gasteiger partial charge in [0.05, 0.1) is 5.56 Å². The van der Waals surface area contributed by atoms with Gasteiger partial charge in [-0.05, 0) is 61.2 Å². The highest BCUT2D eigenvalue weighted by atomic mass is 16.4. The molecule has 7 N–H and O–H groups in total. The maximum Gasteiger partial charge on any atom is 0.335 e. The quantitative estimate of drug-likeness (QED) is 0.249. The van der Waals surface area contributed by atoms with Gasteiger partial charge >= 0.3 is 5.97 Å². The zero-order valence-electron chi connectivity index (χ0n) is 19.7. The maximum absolute atomic E-state index is 13.2. The number of carbonyl (C=O) groups excluding carboxylic acids is 1. The summed E-state index contributed by atoms with van der Waals surface area (Å²) >= 11 is 0. The summed E-state index contributed by atoms with van der Waals surface area (Å²) in [5.74, 6) is -1.26. The zero-order valence-corrected chi connectivity index (χ0v) is 19.7. The fourth-order valence-electron chi connectivity index (χ4n) is 4.17. The van der Waals surface area contributed by atoms with Gasteiger partial charge in [-0.1, -0.05) is 54.1 Å². The van der Waals surface area contributed by atoms with Crippen molar-refractivity contribution in [3.8, 4) is 22.3 Å². The van der Waals surface area contributed by atoms with E-state index in [0.29, 0.717) is 18.8 Å². The second-order valence-electron chi connectivity index (χ2n) is 8.78. The lowest BCUT2D eigenvalue weighted by Crippen LogP contribution is -2.37. The molecule has 180 valence electrons. The van der Waals surface area contributed by atoms with Crippen LogP contribution in [0.3, 0.4) is 0 Å². The first-order chi connectivity index (χ1) is 16.9. The van der Waals surface area contributed by atoms with Gasteiger partial charge in [-0.2, -0.15) is 0 Å². The highest BCUT2D eigenvalue weighted by Gasteiger charge is 2.20. The molecule has 0 aliphatic rings. The molecule has 0 saturated carbocycles. The van der Waals surface area contributed by atoms with Gasteiger partial charge in [-0.15, -0.1) is 0 Å². The van der Waals surface area contributed by atoms with E-state index in [0.717, 1.165) is 46.0 Å². The molecule has 7 heteroatoms. The van der Waals surface area contributed by atoms with Crippen LogP contribution in [0.25, 0.3) is 33.2 Å². The van der Waals surface area contributed by atoms with Gasteiger partial charge in [-0.25, -0.2) is 4.79 Å². The Labute approximate surface area is 204 Å². The molecular formula is C28H30N4O3. The van der Waals surface area contributed by atoms with E-state index in [1.807, 2.05) is 25.1 Å². The molecule has 0 bridgehead atoms. The smallest absolute Gasteiger partial charge is 0.335 e. The van der Waals surface area contributed by atoms with E-state index in [-0.39, 0.29) is 17.5 Å². The summed E-state index contributed by atoms with van der Waals surface area (Å²) < 4.78 is 0. The number of nitrogens with two attached hydrogens (primary N) is 2. The SMILES string of the molecule is Cc1ccc(-c2ccc3c(-c4ccc(C(=O)O)cc4)c(C(=O)NC[C@H](N)CCCN)[nH]c3c2)cc1.